The van der Waals surface area contributed by atoms with Crippen molar-refractivity contribution in [1.82, 2.24) is 10.3 Å². The third-order valence-electron chi connectivity index (χ3n) is 3.02. The molecule has 0 fully saturated rings. The number of anilines is 1. The van der Waals surface area contributed by atoms with Crippen LogP contribution < -0.4 is 10.6 Å². The monoisotopic (exact) mass is 329 g/mol. The van der Waals surface area contributed by atoms with Gasteiger partial charge >= 0.3 is 6.03 Å². The summed E-state index contributed by atoms with van der Waals surface area (Å²) in [6.07, 6.45) is 3.31. The van der Waals surface area contributed by atoms with E-state index < -0.39 is 0 Å². The molecule has 23 heavy (non-hydrogen) atoms. The van der Waals surface area contributed by atoms with Crippen molar-refractivity contribution in [2.24, 2.45) is 0 Å². The van der Waals surface area contributed by atoms with Crippen molar-refractivity contribution in [2.45, 2.75) is 26.8 Å². The number of thiazole rings is 1. The zero-order valence-corrected chi connectivity index (χ0v) is 14.1. The quantitative estimate of drug-likeness (QED) is 0.646. The average Bonchev–Trinajstić information content (AvgIpc) is 2.90. The normalized spacial score (nSPS) is 11.0. The standard InChI is InChI=1S/C17H19N3O2S/c1-11(2)19-17(22)20-14-6-4-13(5-7-14)15(21)8-9-16-12(3)18-10-23-16/h4-11H,1-3H3,(H2,19,20,22)/b9-8+. The van der Waals surface area contributed by atoms with Crippen molar-refractivity contribution in [1.29, 1.82) is 0 Å². The summed E-state index contributed by atoms with van der Waals surface area (Å²) in [4.78, 5) is 28.8. The zero-order chi connectivity index (χ0) is 16.8. The predicted octanol–water partition coefficient (Wildman–Crippen LogP) is 3.88. The maximum Gasteiger partial charge on any atom is 0.319 e. The van der Waals surface area contributed by atoms with E-state index in [0.717, 1.165) is 10.6 Å². The molecule has 0 aliphatic rings. The third kappa shape index (κ3) is 5.03. The molecular formula is C17H19N3O2S. The van der Waals surface area contributed by atoms with Crippen LogP contribution in [0.4, 0.5) is 10.5 Å². The van der Waals surface area contributed by atoms with E-state index in [0.29, 0.717) is 11.3 Å². The molecule has 1 aromatic heterocycles. The summed E-state index contributed by atoms with van der Waals surface area (Å²) >= 11 is 1.50. The second kappa shape index (κ2) is 7.69. The van der Waals surface area contributed by atoms with Gasteiger partial charge in [0.1, 0.15) is 0 Å². The van der Waals surface area contributed by atoms with Crippen LogP contribution in [-0.4, -0.2) is 22.8 Å². The highest BCUT2D eigenvalue weighted by Crippen LogP contribution is 2.15. The lowest BCUT2D eigenvalue weighted by atomic mass is 10.1. The molecule has 5 nitrogen and oxygen atoms in total. The Hall–Kier alpha value is -2.47. The van der Waals surface area contributed by atoms with Gasteiger partial charge in [-0.25, -0.2) is 9.78 Å². The zero-order valence-electron chi connectivity index (χ0n) is 13.3. The fraction of sp³-hybridized carbons (Fsp3) is 0.235. The van der Waals surface area contributed by atoms with Gasteiger partial charge in [0.2, 0.25) is 0 Å². The Bertz CT molecular complexity index is 718. The second-order valence-corrected chi connectivity index (χ2v) is 6.22. The largest absolute Gasteiger partial charge is 0.336 e. The molecule has 2 amide bonds. The molecule has 0 radical (unpaired) electrons. The first-order valence-corrected chi connectivity index (χ1v) is 8.13. The Balaban J connectivity index is 1.99. The van der Waals surface area contributed by atoms with Crippen LogP contribution in [0.15, 0.2) is 35.9 Å². The molecule has 0 aliphatic carbocycles. The molecule has 0 saturated heterocycles. The number of nitrogens with zero attached hydrogens (tertiary/aromatic N) is 1. The van der Waals surface area contributed by atoms with Gasteiger partial charge in [-0.3, -0.25) is 4.79 Å². The number of allylic oxidation sites excluding steroid dienone is 1. The fourth-order valence-electron chi connectivity index (χ4n) is 1.87. The van der Waals surface area contributed by atoms with Crippen LogP contribution in [0, 0.1) is 6.92 Å². The number of hydrogen-bond donors (Lipinski definition) is 2. The lowest BCUT2D eigenvalue weighted by Gasteiger charge is -2.10. The van der Waals surface area contributed by atoms with E-state index >= 15 is 0 Å². The predicted molar refractivity (Wildman–Crippen MR) is 93.9 cm³/mol. The molecule has 0 spiro atoms. The van der Waals surface area contributed by atoms with E-state index in [4.69, 9.17) is 0 Å². The number of carbonyl (C=O) groups is 2. The van der Waals surface area contributed by atoms with E-state index in [-0.39, 0.29) is 17.9 Å². The molecule has 1 heterocycles. The first-order valence-electron chi connectivity index (χ1n) is 7.26. The molecule has 1 aromatic carbocycles. The topological polar surface area (TPSA) is 71.1 Å². The van der Waals surface area contributed by atoms with Gasteiger partial charge in [0, 0.05) is 22.2 Å². The van der Waals surface area contributed by atoms with Crippen molar-refractivity contribution in [2.75, 3.05) is 5.32 Å². The molecule has 2 aromatic rings. The lowest BCUT2D eigenvalue weighted by Crippen LogP contribution is -2.34. The number of nitrogens with one attached hydrogen (secondary N) is 2. The third-order valence-corrected chi connectivity index (χ3v) is 3.91. The van der Waals surface area contributed by atoms with Gasteiger partial charge < -0.3 is 10.6 Å². The van der Waals surface area contributed by atoms with Crippen LogP contribution in [0.1, 0.15) is 34.8 Å². The van der Waals surface area contributed by atoms with Crippen molar-refractivity contribution in [3.05, 3.63) is 52.0 Å². The van der Waals surface area contributed by atoms with Crippen LogP contribution in [0.2, 0.25) is 0 Å². The van der Waals surface area contributed by atoms with Crippen molar-refractivity contribution < 1.29 is 9.59 Å². The van der Waals surface area contributed by atoms with Gasteiger partial charge in [0.15, 0.2) is 5.78 Å². The average molecular weight is 329 g/mol. The number of benzene rings is 1. The summed E-state index contributed by atoms with van der Waals surface area (Å²) in [6, 6.07) is 6.60. The highest BCUT2D eigenvalue weighted by molar-refractivity contribution is 7.10. The number of urea groups is 1. The van der Waals surface area contributed by atoms with E-state index in [1.54, 1.807) is 35.9 Å². The summed E-state index contributed by atoms with van der Waals surface area (Å²) in [5, 5.41) is 5.45. The van der Waals surface area contributed by atoms with Crippen LogP contribution in [0.3, 0.4) is 0 Å². The van der Waals surface area contributed by atoms with Crippen molar-refractivity contribution in [3.63, 3.8) is 0 Å². The van der Waals surface area contributed by atoms with Crippen molar-refractivity contribution in [3.8, 4) is 0 Å². The molecular weight excluding hydrogens is 310 g/mol. The number of aromatic nitrogens is 1. The van der Waals surface area contributed by atoms with Gasteiger partial charge in [-0.2, -0.15) is 0 Å². The Morgan fingerprint density at radius 3 is 2.48 bits per heavy atom. The number of hydrogen-bond acceptors (Lipinski definition) is 4. The number of rotatable bonds is 5. The van der Waals surface area contributed by atoms with Gasteiger partial charge in [0.25, 0.3) is 0 Å². The van der Waals surface area contributed by atoms with Crippen LogP contribution in [0.25, 0.3) is 6.08 Å². The van der Waals surface area contributed by atoms with E-state index in [2.05, 4.69) is 15.6 Å². The fourth-order valence-corrected chi connectivity index (χ4v) is 2.56. The second-order valence-electron chi connectivity index (χ2n) is 5.33. The summed E-state index contributed by atoms with van der Waals surface area (Å²) in [7, 11) is 0. The van der Waals surface area contributed by atoms with Crippen LogP contribution in [0.5, 0.6) is 0 Å². The molecule has 0 aliphatic heterocycles. The highest BCUT2D eigenvalue weighted by Gasteiger charge is 2.06. The maximum absolute atomic E-state index is 12.1. The number of ketones is 1. The number of carbonyl (C=O) groups excluding carboxylic acids is 2. The first-order chi connectivity index (χ1) is 11.0. The molecule has 0 saturated carbocycles. The highest BCUT2D eigenvalue weighted by atomic mass is 32.1. The van der Waals surface area contributed by atoms with Gasteiger partial charge in [-0.1, -0.05) is 0 Å². The molecule has 2 rings (SSSR count). The maximum atomic E-state index is 12.1. The summed E-state index contributed by atoms with van der Waals surface area (Å²) in [5.41, 5.74) is 3.87. The van der Waals surface area contributed by atoms with Gasteiger partial charge in [-0.05, 0) is 57.2 Å². The first kappa shape index (κ1) is 16.9. The van der Waals surface area contributed by atoms with E-state index in [9.17, 15) is 9.59 Å². The lowest BCUT2D eigenvalue weighted by molar-refractivity contribution is 0.104. The Morgan fingerprint density at radius 1 is 1.22 bits per heavy atom. The van der Waals surface area contributed by atoms with E-state index in [1.807, 2.05) is 20.8 Å². The smallest absolute Gasteiger partial charge is 0.319 e. The molecule has 0 bridgehead atoms. The Kier molecular flexibility index (Phi) is 5.65. The van der Waals surface area contributed by atoms with Crippen molar-refractivity contribution >= 4 is 34.9 Å². The minimum absolute atomic E-state index is 0.0659. The minimum Gasteiger partial charge on any atom is -0.336 e. The summed E-state index contributed by atoms with van der Waals surface area (Å²) in [6.45, 7) is 5.68. The van der Waals surface area contributed by atoms with Gasteiger partial charge in [-0.15, -0.1) is 11.3 Å². The number of aryl methyl sites for hydroxylation is 1. The van der Waals surface area contributed by atoms with Gasteiger partial charge in [0.05, 0.1) is 11.2 Å². The molecule has 2 N–H and O–H groups in total. The molecule has 120 valence electrons. The van der Waals surface area contributed by atoms with E-state index in [1.165, 1.54) is 17.4 Å². The number of amides is 2. The SMILES string of the molecule is Cc1ncsc1/C=C/C(=O)c1ccc(NC(=O)NC(C)C)cc1. The Morgan fingerprint density at radius 2 is 1.91 bits per heavy atom. The van der Waals surface area contributed by atoms with Crippen LogP contribution in [-0.2, 0) is 0 Å². The molecule has 0 unspecified atom stereocenters. The Labute approximate surface area is 139 Å². The minimum atomic E-state index is -0.264. The summed E-state index contributed by atoms with van der Waals surface area (Å²) < 4.78 is 0. The summed E-state index contributed by atoms with van der Waals surface area (Å²) in [5.74, 6) is -0.0871. The van der Waals surface area contributed by atoms with Crippen LogP contribution >= 0.6 is 11.3 Å². The molecule has 0 atom stereocenters. The molecule has 6 heteroatoms.